The molecule has 1 fully saturated rings. The molecule has 1 amide bonds. The molecule has 0 saturated carbocycles. The number of hydrogen-bond acceptors (Lipinski definition) is 3. The highest BCUT2D eigenvalue weighted by Crippen LogP contribution is 2.21. The van der Waals surface area contributed by atoms with Gasteiger partial charge in [0.2, 0.25) is 5.91 Å². The summed E-state index contributed by atoms with van der Waals surface area (Å²) in [6.07, 6.45) is 4.74. The number of piperidine rings is 1. The minimum atomic E-state index is 0.136. The topological polar surface area (TPSA) is 32.3 Å². The molecule has 1 N–H and O–H groups in total. The number of rotatable bonds is 8. The fourth-order valence-electron chi connectivity index (χ4n) is 2.44. The van der Waals surface area contributed by atoms with Crippen molar-refractivity contribution in [3.05, 3.63) is 0 Å². The maximum absolute atomic E-state index is 12.3. The predicted molar refractivity (Wildman–Crippen MR) is 84.7 cm³/mol. The van der Waals surface area contributed by atoms with Gasteiger partial charge in [-0.1, -0.05) is 20.3 Å². The molecule has 1 saturated heterocycles. The van der Waals surface area contributed by atoms with E-state index in [9.17, 15) is 4.79 Å². The molecule has 0 aromatic rings. The van der Waals surface area contributed by atoms with Crippen molar-refractivity contribution < 1.29 is 4.79 Å². The Hall–Kier alpha value is -0.220. The Kier molecular flexibility index (Phi) is 8.55. The van der Waals surface area contributed by atoms with Crippen LogP contribution in [0.3, 0.4) is 0 Å². The molecule has 1 rings (SSSR count). The van der Waals surface area contributed by atoms with Crippen LogP contribution in [0.4, 0.5) is 0 Å². The van der Waals surface area contributed by atoms with Crippen LogP contribution < -0.4 is 5.32 Å². The van der Waals surface area contributed by atoms with E-state index in [4.69, 9.17) is 0 Å². The number of carbonyl (C=O) groups is 1. The van der Waals surface area contributed by atoms with E-state index in [-0.39, 0.29) is 5.25 Å². The molecule has 3 nitrogen and oxygen atoms in total. The molecule has 0 aromatic carbocycles. The van der Waals surface area contributed by atoms with Crippen LogP contribution in [0.1, 0.15) is 46.5 Å². The molecular formula is C15H30N2OS. The minimum Gasteiger partial charge on any atom is -0.342 e. The van der Waals surface area contributed by atoms with E-state index in [1.54, 1.807) is 0 Å². The molecule has 0 bridgehead atoms. The maximum atomic E-state index is 12.3. The summed E-state index contributed by atoms with van der Waals surface area (Å²) in [6, 6.07) is 0. The molecule has 1 aliphatic rings. The molecule has 112 valence electrons. The zero-order chi connectivity index (χ0) is 14.1. The number of hydrogen-bond donors (Lipinski definition) is 1. The van der Waals surface area contributed by atoms with Crippen molar-refractivity contribution >= 4 is 17.7 Å². The summed E-state index contributed by atoms with van der Waals surface area (Å²) in [5.41, 5.74) is 0. The lowest BCUT2D eigenvalue weighted by Crippen LogP contribution is -2.43. The van der Waals surface area contributed by atoms with Crippen LogP contribution in [-0.4, -0.2) is 48.0 Å². The molecule has 0 aliphatic carbocycles. The van der Waals surface area contributed by atoms with E-state index in [0.29, 0.717) is 5.91 Å². The summed E-state index contributed by atoms with van der Waals surface area (Å²) in [7, 11) is 0. The Balaban J connectivity index is 2.24. The van der Waals surface area contributed by atoms with Crippen molar-refractivity contribution in [3.8, 4) is 0 Å². The van der Waals surface area contributed by atoms with Crippen LogP contribution >= 0.6 is 11.8 Å². The molecule has 0 aromatic heterocycles. The standard InChI is InChI=1S/C15H30N2OS/c1-4-6-11-19-13(3)15(18)17-9-7-14(8-10-17)12-16-5-2/h13-14,16H,4-12H2,1-3H3. The zero-order valence-corrected chi connectivity index (χ0v) is 13.6. The van der Waals surface area contributed by atoms with Crippen LogP contribution in [0, 0.1) is 5.92 Å². The summed E-state index contributed by atoms with van der Waals surface area (Å²) < 4.78 is 0. The van der Waals surface area contributed by atoms with Gasteiger partial charge in [-0.05, 0) is 50.9 Å². The van der Waals surface area contributed by atoms with Gasteiger partial charge in [0.25, 0.3) is 0 Å². The van der Waals surface area contributed by atoms with Crippen LogP contribution in [0.25, 0.3) is 0 Å². The van der Waals surface area contributed by atoms with Gasteiger partial charge in [0.15, 0.2) is 0 Å². The van der Waals surface area contributed by atoms with Gasteiger partial charge in [-0.25, -0.2) is 0 Å². The van der Waals surface area contributed by atoms with Gasteiger partial charge in [-0.2, -0.15) is 0 Å². The molecule has 0 spiro atoms. The highest BCUT2D eigenvalue weighted by molar-refractivity contribution is 8.00. The minimum absolute atomic E-state index is 0.136. The predicted octanol–water partition coefficient (Wildman–Crippen LogP) is 2.76. The average Bonchev–Trinajstić information content (AvgIpc) is 2.45. The van der Waals surface area contributed by atoms with Crippen molar-refractivity contribution in [1.29, 1.82) is 0 Å². The molecule has 19 heavy (non-hydrogen) atoms. The zero-order valence-electron chi connectivity index (χ0n) is 12.8. The number of thioether (sulfide) groups is 1. The molecule has 0 radical (unpaired) electrons. The number of likely N-dealkylation sites (tertiary alicyclic amines) is 1. The molecular weight excluding hydrogens is 256 g/mol. The summed E-state index contributed by atoms with van der Waals surface area (Å²) in [5, 5.41) is 3.55. The second-order valence-electron chi connectivity index (χ2n) is 5.44. The van der Waals surface area contributed by atoms with Crippen LogP contribution in [0.15, 0.2) is 0 Å². The number of amides is 1. The number of nitrogens with one attached hydrogen (secondary N) is 1. The van der Waals surface area contributed by atoms with Gasteiger partial charge in [0.1, 0.15) is 0 Å². The number of unbranched alkanes of at least 4 members (excludes halogenated alkanes) is 1. The van der Waals surface area contributed by atoms with Crippen molar-refractivity contribution in [2.75, 3.05) is 31.9 Å². The average molecular weight is 286 g/mol. The van der Waals surface area contributed by atoms with Gasteiger partial charge >= 0.3 is 0 Å². The highest BCUT2D eigenvalue weighted by atomic mass is 32.2. The van der Waals surface area contributed by atoms with Crippen LogP contribution in [0.5, 0.6) is 0 Å². The van der Waals surface area contributed by atoms with Gasteiger partial charge in [0, 0.05) is 13.1 Å². The van der Waals surface area contributed by atoms with E-state index >= 15 is 0 Å². The number of carbonyl (C=O) groups excluding carboxylic acids is 1. The second-order valence-corrected chi connectivity index (χ2v) is 6.89. The SMILES string of the molecule is CCCCSC(C)C(=O)N1CCC(CNCC)CC1. The van der Waals surface area contributed by atoms with Crippen molar-refractivity contribution in [3.63, 3.8) is 0 Å². The summed E-state index contributed by atoms with van der Waals surface area (Å²) in [4.78, 5) is 14.4. The first-order valence-corrected chi connectivity index (χ1v) is 8.85. The van der Waals surface area contributed by atoms with Crippen LogP contribution in [0.2, 0.25) is 0 Å². The fourth-order valence-corrected chi connectivity index (χ4v) is 3.54. The summed E-state index contributed by atoms with van der Waals surface area (Å²) in [6.45, 7) is 10.5. The lowest BCUT2D eigenvalue weighted by atomic mass is 9.96. The molecule has 1 aliphatic heterocycles. The first-order valence-electron chi connectivity index (χ1n) is 7.80. The van der Waals surface area contributed by atoms with Crippen LogP contribution in [-0.2, 0) is 4.79 Å². The lowest BCUT2D eigenvalue weighted by molar-refractivity contribution is -0.131. The Labute approximate surface area is 122 Å². The summed E-state index contributed by atoms with van der Waals surface area (Å²) in [5.74, 6) is 2.22. The first kappa shape index (κ1) is 16.8. The van der Waals surface area contributed by atoms with Crippen molar-refractivity contribution in [1.82, 2.24) is 10.2 Å². The Bertz CT molecular complexity index is 253. The first-order chi connectivity index (χ1) is 9.19. The normalized spacial score (nSPS) is 18.6. The summed E-state index contributed by atoms with van der Waals surface area (Å²) >= 11 is 1.81. The Morgan fingerprint density at radius 2 is 2.05 bits per heavy atom. The van der Waals surface area contributed by atoms with Gasteiger partial charge in [0.05, 0.1) is 5.25 Å². The van der Waals surface area contributed by atoms with E-state index in [1.165, 1.54) is 12.8 Å². The third kappa shape index (κ3) is 6.17. The molecule has 4 heteroatoms. The number of nitrogens with zero attached hydrogens (tertiary/aromatic N) is 1. The third-order valence-electron chi connectivity index (χ3n) is 3.82. The van der Waals surface area contributed by atoms with E-state index < -0.39 is 0 Å². The fraction of sp³-hybridized carbons (Fsp3) is 0.933. The van der Waals surface area contributed by atoms with Gasteiger partial charge in [-0.3, -0.25) is 4.79 Å². The smallest absolute Gasteiger partial charge is 0.235 e. The van der Waals surface area contributed by atoms with Crippen molar-refractivity contribution in [2.45, 2.75) is 51.7 Å². The van der Waals surface area contributed by atoms with E-state index in [2.05, 4.69) is 31.0 Å². The van der Waals surface area contributed by atoms with Gasteiger partial charge < -0.3 is 10.2 Å². The van der Waals surface area contributed by atoms with E-state index in [0.717, 1.165) is 50.7 Å². The quantitative estimate of drug-likeness (QED) is 0.696. The lowest BCUT2D eigenvalue weighted by Gasteiger charge is -2.33. The second kappa shape index (κ2) is 9.65. The molecule has 1 atom stereocenters. The Morgan fingerprint density at radius 1 is 1.37 bits per heavy atom. The van der Waals surface area contributed by atoms with Crippen molar-refractivity contribution in [2.24, 2.45) is 5.92 Å². The largest absolute Gasteiger partial charge is 0.342 e. The van der Waals surface area contributed by atoms with E-state index in [1.807, 2.05) is 11.8 Å². The molecule has 1 unspecified atom stereocenters. The maximum Gasteiger partial charge on any atom is 0.235 e. The van der Waals surface area contributed by atoms with Gasteiger partial charge in [-0.15, -0.1) is 11.8 Å². The Morgan fingerprint density at radius 3 is 2.63 bits per heavy atom. The third-order valence-corrected chi connectivity index (χ3v) is 5.05. The highest BCUT2D eigenvalue weighted by Gasteiger charge is 2.25. The molecule has 1 heterocycles. The monoisotopic (exact) mass is 286 g/mol.